The van der Waals surface area contributed by atoms with Crippen LogP contribution in [-0.4, -0.2) is 19.7 Å². The SMILES string of the molecule is CC(Nc1cc(N)ncn1)c1cnn(-c2ccccc2F)c1. The van der Waals surface area contributed by atoms with Gasteiger partial charge in [-0.05, 0) is 19.1 Å². The lowest BCUT2D eigenvalue weighted by Gasteiger charge is -2.12. The van der Waals surface area contributed by atoms with Crippen LogP contribution >= 0.6 is 0 Å². The number of aromatic nitrogens is 4. The summed E-state index contributed by atoms with van der Waals surface area (Å²) in [6.45, 7) is 1.96. The standard InChI is InChI=1S/C15H15FN6/c1-10(21-15-6-14(17)18-9-19-15)11-7-20-22(8-11)13-5-3-2-4-12(13)16/h2-10H,1H3,(H3,17,18,19,21). The highest BCUT2D eigenvalue weighted by Gasteiger charge is 2.11. The van der Waals surface area contributed by atoms with E-state index in [1.807, 2.05) is 6.92 Å². The minimum atomic E-state index is -0.318. The van der Waals surface area contributed by atoms with Gasteiger partial charge in [-0.3, -0.25) is 0 Å². The van der Waals surface area contributed by atoms with Gasteiger partial charge >= 0.3 is 0 Å². The molecule has 0 saturated heterocycles. The minimum Gasteiger partial charge on any atom is -0.384 e. The number of rotatable bonds is 4. The summed E-state index contributed by atoms with van der Waals surface area (Å²) in [7, 11) is 0. The van der Waals surface area contributed by atoms with E-state index in [9.17, 15) is 4.39 Å². The fraction of sp³-hybridized carbons (Fsp3) is 0.133. The van der Waals surface area contributed by atoms with Crippen molar-refractivity contribution in [2.24, 2.45) is 0 Å². The maximum Gasteiger partial charge on any atom is 0.148 e. The summed E-state index contributed by atoms with van der Waals surface area (Å²) in [6, 6.07) is 8.09. The van der Waals surface area contributed by atoms with E-state index in [0.29, 0.717) is 17.3 Å². The highest BCUT2D eigenvalue weighted by atomic mass is 19.1. The van der Waals surface area contributed by atoms with Crippen LogP contribution in [0.15, 0.2) is 49.1 Å². The summed E-state index contributed by atoms with van der Waals surface area (Å²) in [4.78, 5) is 7.94. The number of hydrogen-bond donors (Lipinski definition) is 2. The molecule has 0 aliphatic heterocycles. The fourth-order valence-corrected chi connectivity index (χ4v) is 2.09. The van der Waals surface area contributed by atoms with Gasteiger partial charge < -0.3 is 11.1 Å². The molecule has 7 heteroatoms. The summed E-state index contributed by atoms with van der Waals surface area (Å²) in [5.74, 6) is 0.701. The van der Waals surface area contributed by atoms with E-state index in [2.05, 4.69) is 20.4 Å². The van der Waals surface area contributed by atoms with Crippen LogP contribution in [0.4, 0.5) is 16.0 Å². The van der Waals surface area contributed by atoms with Gasteiger partial charge in [0.2, 0.25) is 0 Å². The number of halogens is 1. The summed E-state index contributed by atoms with van der Waals surface area (Å²) in [6.07, 6.45) is 4.86. The molecule has 0 radical (unpaired) electrons. The third-order valence-corrected chi connectivity index (χ3v) is 3.25. The van der Waals surface area contributed by atoms with Crippen LogP contribution in [-0.2, 0) is 0 Å². The monoisotopic (exact) mass is 298 g/mol. The number of anilines is 2. The summed E-state index contributed by atoms with van der Waals surface area (Å²) >= 11 is 0. The molecule has 3 rings (SSSR count). The molecule has 0 aliphatic rings. The van der Waals surface area contributed by atoms with Crippen LogP contribution in [0, 0.1) is 5.82 Å². The second-order valence-corrected chi connectivity index (χ2v) is 4.86. The molecule has 0 aliphatic carbocycles. The molecule has 3 aromatic rings. The van der Waals surface area contributed by atoms with Gasteiger partial charge in [0, 0.05) is 17.8 Å². The predicted molar refractivity (Wildman–Crippen MR) is 82.0 cm³/mol. The first-order valence-corrected chi connectivity index (χ1v) is 6.77. The van der Waals surface area contributed by atoms with Gasteiger partial charge in [-0.2, -0.15) is 5.10 Å². The molecule has 0 spiro atoms. The molecule has 1 atom stereocenters. The largest absolute Gasteiger partial charge is 0.384 e. The Bertz CT molecular complexity index is 785. The van der Waals surface area contributed by atoms with Crippen LogP contribution in [0.1, 0.15) is 18.5 Å². The van der Waals surface area contributed by atoms with Gasteiger partial charge in [-0.15, -0.1) is 0 Å². The first kappa shape index (κ1) is 14.0. The Balaban J connectivity index is 1.80. The van der Waals surface area contributed by atoms with E-state index in [1.54, 1.807) is 36.7 Å². The van der Waals surface area contributed by atoms with Crippen molar-refractivity contribution < 1.29 is 4.39 Å². The Morgan fingerprint density at radius 3 is 2.86 bits per heavy atom. The quantitative estimate of drug-likeness (QED) is 0.773. The molecule has 0 bridgehead atoms. The highest BCUT2D eigenvalue weighted by molar-refractivity contribution is 5.45. The van der Waals surface area contributed by atoms with Gasteiger partial charge in [0.1, 0.15) is 29.5 Å². The van der Waals surface area contributed by atoms with Crippen LogP contribution < -0.4 is 11.1 Å². The lowest BCUT2D eigenvalue weighted by molar-refractivity contribution is 0.611. The molecular weight excluding hydrogens is 283 g/mol. The van der Waals surface area contributed by atoms with Crippen molar-refractivity contribution in [1.82, 2.24) is 19.7 Å². The van der Waals surface area contributed by atoms with Crippen molar-refractivity contribution in [2.45, 2.75) is 13.0 Å². The summed E-state index contributed by atoms with van der Waals surface area (Å²) < 4.78 is 15.3. The molecule has 112 valence electrons. The van der Waals surface area contributed by atoms with Crippen LogP contribution in [0.2, 0.25) is 0 Å². The molecule has 1 aromatic carbocycles. The first-order chi connectivity index (χ1) is 10.6. The van der Waals surface area contributed by atoms with E-state index in [1.165, 1.54) is 17.1 Å². The van der Waals surface area contributed by atoms with E-state index in [0.717, 1.165) is 5.56 Å². The van der Waals surface area contributed by atoms with Crippen LogP contribution in [0.25, 0.3) is 5.69 Å². The zero-order chi connectivity index (χ0) is 15.5. The lowest BCUT2D eigenvalue weighted by atomic mass is 10.2. The van der Waals surface area contributed by atoms with Crippen molar-refractivity contribution in [2.75, 3.05) is 11.1 Å². The minimum absolute atomic E-state index is 0.0603. The number of nitrogens with one attached hydrogen (secondary N) is 1. The van der Waals surface area contributed by atoms with Gasteiger partial charge in [-0.1, -0.05) is 12.1 Å². The number of nitrogens with two attached hydrogens (primary N) is 1. The Hall–Kier alpha value is -2.96. The first-order valence-electron chi connectivity index (χ1n) is 6.77. The summed E-state index contributed by atoms with van der Waals surface area (Å²) in [5, 5.41) is 7.41. The van der Waals surface area contributed by atoms with Gasteiger partial charge in [-0.25, -0.2) is 19.0 Å². The average Bonchev–Trinajstić information content (AvgIpc) is 2.97. The zero-order valence-corrected chi connectivity index (χ0v) is 11.9. The highest BCUT2D eigenvalue weighted by Crippen LogP contribution is 2.20. The number of benzene rings is 1. The maximum absolute atomic E-state index is 13.8. The molecule has 6 nitrogen and oxygen atoms in total. The molecule has 2 heterocycles. The van der Waals surface area contributed by atoms with Crippen molar-refractivity contribution in [1.29, 1.82) is 0 Å². The predicted octanol–water partition coefficient (Wildman–Crippen LogP) is 2.56. The third kappa shape index (κ3) is 2.88. The molecule has 3 N–H and O–H groups in total. The molecule has 22 heavy (non-hydrogen) atoms. The number of hydrogen-bond acceptors (Lipinski definition) is 5. The lowest BCUT2D eigenvalue weighted by Crippen LogP contribution is -2.08. The third-order valence-electron chi connectivity index (χ3n) is 3.25. The number of para-hydroxylation sites is 1. The van der Waals surface area contributed by atoms with Crippen molar-refractivity contribution in [3.05, 3.63) is 60.4 Å². The van der Waals surface area contributed by atoms with Gasteiger partial charge in [0.15, 0.2) is 0 Å². The Labute approximate surface area is 126 Å². The van der Waals surface area contributed by atoms with Gasteiger partial charge in [0.05, 0.1) is 12.2 Å². The van der Waals surface area contributed by atoms with Crippen molar-refractivity contribution in [3.63, 3.8) is 0 Å². The normalized spacial score (nSPS) is 12.1. The Kier molecular flexibility index (Phi) is 3.69. The van der Waals surface area contributed by atoms with E-state index in [-0.39, 0.29) is 11.9 Å². The number of nitrogen functional groups attached to an aromatic ring is 1. The second-order valence-electron chi connectivity index (χ2n) is 4.86. The second kappa shape index (κ2) is 5.80. The molecule has 2 aromatic heterocycles. The number of nitrogens with zero attached hydrogens (tertiary/aromatic N) is 4. The molecule has 0 saturated carbocycles. The molecule has 1 unspecified atom stereocenters. The molecule has 0 fully saturated rings. The smallest absolute Gasteiger partial charge is 0.148 e. The zero-order valence-electron chi connectivity index (χ0n) is 11.9. The Morgan fingerprint density at radius 1 is 1.27 bits per heavy atom. The topological polar surface area (TPSA) is 81.7 Å². The van der Waals surface area contributed by atoms with E-state index < -0.39 is 0 Å². The average molecular weight is 298 g/mol. The van der Waals surface area contributed by atoms with Crippen LogP contribution in [0.3, 0.4) is 0 Å². The fourth-order valence-electron chi connectivity index (χ4n) is 2.09. The van der Waals surface area contributed by atoms with Gasteiger partial charge in [0.25, 0.3) is 0 Å². The van der Waals surface area contributed by atoms with E-state index in [4.69, 9.17) is 5.73 Å². The summed E-state index contributed by atoms with van der Waals surface area (Å²) in [5.41, 5.74) is 6.93. The molecular formula is C15H15FN6. The van der Waals surface area contributed by atoms with Crippen LogP contribution in [0.5, 0.6) is 0 Å². The maximum atomic E-state index is 13.8. The Morgan fingerprint density at radius 2 is 2.09 bits per heavy atom. The van der Waals surface area contributed by atoms with Crippen molar-refractivity contribution in [3.8, 4) is 5.69 Å². The van der Waals surface area contributed by atoms with E-state index >= 15 is 0 Å². The molecule has 0 amide bonds. The van der Waals surface area contributed by atoms with Crippen molar-refractivity contribution >= 4 is 11.6 Å².